The number of carbonyl (C=O) groups excluding carboxylic acids is 1. The third-order valence-corrected chi connectivity index (χ3v) is 5.25. The summed E-state index contributed by atoms with van der Waals surface area (Å²) in [5.41, 5.74) is 1.79. The van der Waals surface area contributed by atoms with Gasteiger partial charge in [0.15, 0.2) is 11.0 Å². The molecule has 6 heteroatoms. The highest BCUT2D eigenvalue weighted by atomic mass is 32.2. The highest BCUT2D eigenvalue weighted by Gasteiger charge is 2.13. The van der Waals surface area contributed by atoms with Crippen molar-refractivity contribution in [2.24, 2.45) is 7.05 Å². The second-order valence-electron chi connectivity index (χ2n) is 6.13. The van der Waals surface area contributed by atoms with Crippen molar-refractivity contribution in [2.45, 2.75) is 5.16 Å². The van der Waals surface area contributed by atoms with Crippen LogP contribution in [0.2, 0.25) is 0 Å². The Hall–Kier alpha value is -3.12. The van der Waals surface area contributed by atoms with Crippen LogP contribution in [0.1, 0.15) is 0 Å². The number of thioether (sulfide) groups is 1. The van der Waals surface area contributed by atoms with E-state index in [4.69, 9.17) is 0 Å². The summed E-state index contributed by atoms with van der Waals surface area (Å²) in [4.78, 5) is 12.3. The van der Waals surface area contributed by atoms with Gasteiger partial charge in [0.1, 0.15) is 0 Å². The number of nitrogens with zero attached hydrogens (tertiary/aromatic N) is 3. The molecular formula is C21H18N4OS. The number of hydrogen-bond acceptors (Lipinski definition) is 4. The minimum atomic E-state index is -0.0699. The van der Waals surface area contributed by atoms with Crippen LogP contribution in [0.25, 0.3) is 22.2 Å². The Morgan fingerprint density at radius 3 is 2.52 bits per heavy atom. The van der Waals surface area contributed by atoms with Gasteiger partial charge in [0, 0.05) is 18.3 Å². The molecule has 0 saturated carbocycles. The fourth-order valence-electron chi connectivity index (χ4n) is 2.87. The lowest BCUT2D eigenvalue weighted by molar-refractivity contribution is -0.113. The van der Waals surface area contributed by atoms with Gasteiger partial charge < -0.3 is 9.88 Å². The van der Waals surface area contributed by atoms with Gasteiger partial charge in [-0.15, -0.1) is 10.2 Å². The van der Waals surface area contributed by atoms with Gasteiger partial charge in [0.05, 0.1) is 5.75 Å². The Morgan fingerprint density at radius 1 is 0.963 bits per heavy atom. The molecular weight excluding hydrogens is 356 g/mol. The summed E-state index contributed by atoms with van der Waals surface area (Å²) >= 11 is 1.37. The number of amides is 1. The van der Waals surface area contributed by atoms with Gasteiger partial charge in [0.25, 0.3) is 0 Å². The number of hydrogen-bond donors (Lipinski definition) is 1. The normalized spacial score (nSPS) is 10.9. The van der Waals surface area contributed by atoms with E-state index in [0.717, 1.165) is 27.8 Å². The molecule has 4 aromatic rings. The van der Waals surface area contributed by atoms with Crippen molar-refractivity contribution in [2.75, 3.05) is 11.1 Å². The number of aromatic nitrogens is 3. The average molecular weight is 374 g/mol. The standard InChI is InChI=1S/C21H18N4OS/c1-25-20(16-8-3-2-4-9-16)23-24-21(25)27-14-19(26)22-18-12-11-15-7-5-6-10-17(15)13-18/h2-13H,14H2,1H3,(H,22,26). The van der Waals surface area contributed by atoms with Crippen LogP contribution in [0.15, 0.2) is 78.0 Å². The molecule has 1 aromatic heterocycles. The lowest BCUT2D eigenvalue weighted by Gasteiger charge is -2.07. The van der Waals surface area contributed by atoms with Crippen LogP contribution < -0.4 is 5.32 Å². The van der Waals surface area contributed by atoms with Crippen molar-refractivity contribution in [1.82, 2.24) is 14.8 Å². The highest BCUT2D eigenvalue weighted by Crippen LogP contribution is 2.23. The van der Waals surface area contributed by atoms with Gasteiger partial charge in [-0.05, 0) is 22.9 Å². The van der Waals surface area contributed by atoms with E-state index >= 15 is 0 Å². The van der Waals surface area contributed by atoms with E-state index in [-0.39, 0.29) is 11.7 Å². The number of carbonyl (C=O) groups is 1. The molecule has 1 heterocycles. The monoisotopic (exact) mass is 374 g/mol. The van der Waals surface area contributed by atoms with E-state index in [2.05, 4.69) is 21.6 Å². The Kier molecular flexibility index (Phi) is 4.89. The maximum Gasteiger partial charge on any atom is 0.234 e. The van der Waals surface area contributed by atoms with Crippen LogP contribution in [0.3, 0.4) is 0 Å². The van der Waals surface area contributed by atoms with E-state index in [1.807, 2.05) is 78.3 Å². The zero-order valence-electron chi connectivity index (χ0n) is 14.8. The third-order valence-electron chi connectivity index (χ3n) is 4.23. The summed E-state index contributed by atoms with van der Waals surface area (Å²) in [6.07, 6.45) is 0. The molecule has 0 saturated heterocycles. The first-order valence-corrected chi connectivity index (χ1v) is 9.55. The Labute approximate surface area is 161 Å². The summed E-state index contributed by atoms with van der Waals surface area (Å²) in [7, 11) is 1.91. The third kappa shape index (κ3) is 3.85. The van der Waals surface area contributed by atoms with Gasteiger partial charge in [-0.25, -0.2) is 0 Å². The van der Waals surface area contributed by atoms with Crippen LogP contribution in [-0.2, 0) is 11.8 Å². The summed E-state index contributed by atoms with van der Waals surface area (Å²) in [6, 6.07) is 23.9. The summed E-state index contributed by atoms with van der Waals surface area (Å²) in [5, 5.41) is 14.4. The Balaban J connectivity index is 1.41. The molecule has 5 nitrogen and oxygen atoms in total. The molecule has 3 aromatic carbocycles. The van der Waals surface area contributed by atoms with E-state index < -0.39 is 0 Å². The molecule has 0 fully saturated rings. The van der Waals surface area contributed by atoms with Crippen LogP contribution >= 0.6 is 11.8 Å². The fourth-order valence-corrected chi connectivity index (χ4v) is 3.58. The summed E-state index contributed by atoms with van der Waals surface area (Å²) in [5.74, 6) is 0.987. The van der Waals surface area contributed by atoms with Gasteiger partial charge >= 0.3 is 0 Å². The van der Waals surface area contributed by atoms with Crippen molar-refractivity contribution in [3.63, 3.8) is 0 Å². The van der Waals surface area contributed by atoms with Crippen molar-refractivity contribution in [1.29, 1.82) is 0 Å². The van der Waals surface area contributed by atoms with E-state index in [1.165, 1.54) is 11.8 Å². The SMILES string of the molecule is Cn1c(SCC(=O)Nc2ccc3ccccc3c2)nnc1-c1ccccc1. The number of fused-ring (bicyclic) bond motifs is 1. The molecule has 1 amide bonds. The summed E-state index contributed by atoms with van der Waals surface area (Å²) in [6.45, 7) is 0. The molecule has 134 valence electrons. The quantitative estimate of drug-likeness (QED) is 0.527. The zero-order chi connectivity index (χ0) is 18.6. The predicted octanol–water partition coefficient (Wildman–Crippen LogP) is 4.37. The number of rotatable bonds is 5. The van der Waals surface area contributed by atoms with Gasteiger partial charge in [-0.3, -0.25) is 4.79 Å². The van der Waals surface area contributed by atoms with Gasteiger partial charge in [-0.1, -0.05) is 72.4 Å². The van der Waals surface area contributed by atoms with E-state index in [9.17, 15) is 4.79 Å². The highest BCUT2D eigenvalue weighted by molar-refractivity contribution is 7.99. The molecule has 0 aliphatic heterocycles. The van der Waals surface area contributed by atoms with E-state index in [0.29, 0.717) is 5.16 Å². The lowest BCUT2D eigenvalue weighted by atomic mass is 10.1. The maximum absolute atomic E-state index is 12.3. The van der Waals surface area contributed by atoms with Gasteiger partial charge in [0.2, 0.25) is 5.91 Å². The molecule has 0 aliphatic rings. The van der Waals surface area contributed by atoms with Crippen LogP contribution in [-0.4, -0.2) is 26.4 Å². The van der Waals surface area contributed by atoms with Crippen molar-refractivity contribution in [3.05, 3.63) is 72.8 Å². The number of anilines is 1. The first-order valence-electron chi connectivity index (χ1n) is 8.57. The van der Waals surface area contributed by atoms with Gasteiger partial charge in [-0.2, -0.15) is 0 Å². The smallest absolute Gasteiger partial charge is 0.234 e. The molecule has 0 atom stereocenters. The molecule has 1 N–H and O–H groups in total. The van der Waals surface area contributed by atoms with Crippen LogP contribution in [0.4, 0.5) is 5.69 Å². The van der Waals surface area contributed by atoms with Crippen LogP contribution in [0, 0.1) is 0 Å². The second-order valence-corrected chi connectivity index (χ2v) is 7.07. The average Bonchev–Trinajstić information content (AvgIpc) is 3.07. The maximum atomic E-state index is 12.3. The zero-order valence-corrected chi connectivity index (χ0v) is 15.6. The molecule has 0 unspecified atom stereocenters. The van der Waals surface area contributed by atoms with Crippen LogP contribution in [0.5, 0.6) is 0 Å². The number of benzene rings is 3. The number of nitrogens with one attached hydrogen (secondary N) is 1. The first-order chi connectivity index (χ1) is 13.2. The Morgan fingerprint density at radius 2 is 1.70 bits per heavy atom. The van der Waals surface area contributed by atoms with Crippen molar-refractivity contribution in [3.8, 4) is 11.4 Å². The first kappa shape index (κ1) is 17.3. The molecule has 0 spiro atoms. The summed E-state index contributed by atoms with van der Waals surface area (Å²) < 4.78 is 1.91. The Bertz CT molecular complexity index is 1090. The molecule has 0 radical (unpaired) electrons. The lowest BCUT2D eigenvalue weighted by Crippen LogP contribution is -2.14. The minimum absolute atomic E-state index is 0.0699. The minimum Gasteiger partial charge on any atom is -0.325 e. The predicted molar refractivity (Wildman–Crippen MR) is 110 cm³/mol. The van der Waals surface area contributed by atoms with Crippen molar-refractivity contribution < 1.29 is 4.79 Å². The second kappa shape index (κ2) is 7.63. The largest absolute Gasteiger partial charge is 0.325 e. The van der Waals surface area contributed by atoms with Crippen molar-refractivity contribution >= 4 is 34.1 Å². The fraction of sp³-hybridized carbons (Fsp3) is 0.0952. The molecule has 0 bridgehead atoms. The molecule has 0 aliphatic carbocycles. The topological polar surface area (TPSA) is 59.8 Å². The molecule has 4 rings (SSSR count). The van der Waals surface area contributed by atoms with E-state index in [1.54, 1.807) is 0 Å². The molecule has 27 heavy (non-hydrogen) atoms.